The number of nitriles is 1. The molecule has 1 aromatic carbocycles. The van der Waals surface area contributed by atoms with Gasteiger partial charge in [-0.25, -0.2) is 18.4 Å². The van der Waals surface area contributed by atoms with Crippen LogP contribution < -0.4 is 4.90 Å². The van der Waals surface area contributed by atoms with Gasteiger partial charge in [0.25, 0.3) is 0 Å². The number of hydrogen-bond acceptors (Lipinski definition) is 6. The Bertz CT molecular complexity index is 1150. The third-order valence-corrected chi connectivity index (χ3v) is 8.19. The van der Waals surface area contributed by atoms with Crippen molar-refractivity contribution in [2.45, 2.75) is 51.6 Å². The van der Waals surface area contributed by atoms with Gasteiger partial charge in [-0.1, -0.05) is 12.1 Å². The lowest BCUT2D eigenvalue weighted by atomic mass is 9.95. The number of aromatic nitrogens is 2. The van der Waals surface area contributed by atoms with E-state index >= 15 is 0 Å². The molecule has 0 radical (unpaired) electrons. The van der Waals surface area contributed by atoms with Crippen LogP contribution in [0, 0.1) is 11.3 Å². The van der Waals surface area contributed by atoms with Crippen LogP contribution in [0.2, 0.25) is 0 Å². The van der Waals surface area contributed by atoms with Crippen molar-refractivity contribution in [3.8, 4) is 17.3 Å². The fourth-order valence-corrected chi connectivity index (χ4v) is 5.74. The number of hydrogen-bond donors (Lipinski definition) is 0. The first-order valence-corrected chi connectivity index (χ1v) is 12.2. The maximum Gasteiger partial charge on any atom is 0.227 e. The van der Waals surface area contributed by atoms with E-state index in [2.05, 4.69) is 30.0 Å². The molecule has 8 heteroatoms. The molecule has 0 saturated carbocycles. The highest BCUT2D eigenvalue weighted by molar-refractivity contribution is 7.89. The van der Waals surface area contributed by atoms with Crippen molar-refractivity contribution >= 4 is 16.0 Å². The maximum atomic E-state index is 12.4. The molecule has 0 amide bonds. The second-order valence-corrected chi connectivity index (χ2v) is 10.4. The quantitative estimate of drug-likeness (QED) is 0.750. The Morgan fingerprint density at radius 2 is 2.03 bits per heavy atom. The summed E-state index contributed by atoms with van der Waals surface area (Å²) in [7, 11) is -3.54. The predicted octanol–water partition coefficient (Wildman–Crippen LogP) is 2.44. The number of sulfonamides is 1. The highest BCUT2D eigenvalue weighted by Crippen LogP contribution is 2.35. The van der Waals surface area contributed by atoms with Crippen LogP contribution in [0.4, 0.5) is 5.95 Å². The van der Waals surface area contributed by atoms with Crippen molar-refractivity contribution in [3.63, 3.8) is 0 Å². The lowest BCUT2D eigenvalue weighted by Crippen LogP contribution is -2.46. The summed E-state index contributed by atoms with van der Waals surface area (Å²) < 4.78 is 26.2. The fourth-order valence-electron chi connectivity index (χ4n) is 4.69. The van der Waals surface area contributed by atoms with Crippen molar-refractivity contribution in [1.82, 2.24) is 14.3 Å². The summed E-state index contributed by atoms with van der Waals surface area (Å²) in [5, 5.41) is 8.85. The first kappa shape index (κ1) is 19.5. The minimum Gasteiger partial charge on any atom is -0.338 e. The second kappa shape index (κ2) is 7.33. The zero-order valence-corrected chi connectivity index (χ0v) is 18.0. The van der Waals surface area contributed by atoms with Crippen LogP contribution >= 0.6 is 0 Å². The second-order valence-electron chi connectivity index (χ2n) is 8.46. The zero-order valence-electron chi connectivity index (χ0n) is 17.1. The zero-order chi connectivity index (χ0) is 20.9. The molecule has 30 heavy (non-hydrogen) atoms. The summed E-state index contributed by atoms with van der Waals surface area (Å²) in [4.78, 5) is 12.1. The van der Waals surface area contributed by atoms with Gasteiger partial charge in [0, 0.05) is 42.5 Å². The Morgan fingerprint density at radius 1 is 1.17 bits per heavy atom. The third kappa shape index (κ3) is 3.26. The van der Waals surface area contributed by atoms with E-state index in [1.165, 1.54) is 21.9 Å². The van der Waals surface area contributed by atoms with E-state index < -0.39 is 15.8 Å². The lowest BCUT2D eigenvalue weighted by Gasteiger charge is -2.39. The highest BCUT2D eigenvalue weighted by atomic mass is 32.2. The molecular weight excluding hydrogens is 398 g/mol. The SMILES string of the molecule is C[C@H]1CCN1c1nc2c(c(-c3ccc4c(c3)CN(S(=O)(=O)CC#N)CC4)n1)CCC2. The summed E-state index contributed by atoms with van der Waals surface area (Å²) in [6, 6.07) is 8.56. The number of fused-ring (bicyclic) bond motifs is 2. The Balaban J connectivity index is 1.53. The Labute approximate surface area is 177 Å². The van der Waals surface area contributed by atoms with E-state index in [0.717, 1.165) is 54.3 Å². The standard InChI is InChI=1S/C22H25N5O2S/c1-15-7-11-27(15)22-24-20-4-2-3-19(20)21(25-22)17-6-5-16-8-10-26(14-18(16)13-17)30(28,29)12-9-23/h5-6,13,15H,2-4,7-8,10-12,14H2,1H3/t15-/m0/s1. The number of aryl methyl sites for hydroxylation is 1. The first-order chi connectivity index (χ1) is 14.5. The molecule has 0 N–H and O–H groups in total. The number of rotatable bonds is 4. The van der Waals surface area contributed by atoms with Gasteiger partial charge in [0.1, 0.15) is 0 Å². The van der Waals surface area contributed by atoms with Crippen molar-refractivity contribution in [2.24, 2.45) is 0 Å². The molecule has 156 valence electrons. The smallest absolute Gasteiger partial charge is 0.227 e. The molecule has 7 nitrogen and oxygen atoms in total. The van der Waals surface area contributed by atoms with E-state index in [9.17, 15) is 8.42 Å². The predicted molar refractivity (Wildman–Crippen MR) is 114 cm³/mol. The molecule has 2 aromatic rings. The van der Waals surface area contributed by atoms with Gasteiger partial charge in [0.05, 0.1) is 11.8 Å². The van der Waals surface area contributed by atoms with Gasteiger partial charge in [0.2, 0.25) is 16.0 Å². The van der Waals surface area contributed by atoms with Crippen LogP contribution in [0.5, 0.6) is 0 Å². The monoisotopic (exact) mass is 423 g/mol. The minimum atomic E-state index is -3.54. The third-order valence-electron chi connectivity index (χ3n) is 6.60. The van der Waals surface area contributed by atoms with Crippen molar-refractivity contribution < 1.29 is 8.42 Å². The summed E-state index contributed by atoms with van der Waals surface area (Å²) >= 11 is 0. The van der Waals surface area contributed by atoms with Gasteiger partial charge < -0.3 is 4.90 Å². The highest BCUT2D eigenvalue weighted by Gasteiger charge is 2.30. The number of nitrogens with zero attached hydrogens (tertiary/aromatic N) is 5. The summed E-state index contributed by atoms with van der Waals surface area (Å²) in [6.07, 6.45) is 4.91. The van der Waals surface area contributed by atoms with Crippen LogP contribution in [0.3, 0.4) is 0 Å². The molecule has 2 aliphatic heterocycles. The molecule has 1 atom stereocenters. The van der Waals surface area contributed by atoms with Crippen LogP contribution in [0.25, 0.3) is 11.3 Å². The minimum absolute atomic E-state index is 0.316. The normalized spacial score (nSPS) is 20.9. The van der Waals surface area contributed by atoms with Crippen molar-refractivity contribution in [3.05, 3.63) is 40.6 Å². The molecule has 0 unspecified atom stereocenters. The van der Waals surface area contributed by atoms with Gasteiger partial charge in [-0.2, -0.15) is 9.57 Å². The van der Waals surface area contributed by atoms with Crippen LogP contribution in [-0.2, 0) is 35.8 Å². The van der Waals surface area contributed by atoms with E-state index in [-0.39, 0.29) is 0 Å². The molecule has 0 spiro atoms. The van der Waals surface area contributed by atoms with Gasteiger partial charge in [-0.3, -0.25) is 0 Å². The number of anilines is 1. The van der Waals surface area contributed by atoms with Crippen molar-refractivity contribution in [1.29, 1.82) is 5.26 Å². The molecular formula is C22H25N5O2S. The molecule has 1 aliphatic carbocycles. The molecule has 0 bridgehead atoms. The largest absolute Gasteiger partial charge is 0.338 e. The summed E-state index contributed by atoms with van der Waals surface area (Å²) in [5.74, 6) is 0.346. The molecule has 3 aliphatic rings. The molecule has 3 heterocycles. The van der Waals surface area contributed by atoms with Gasteiger partial charge in [0.15, 0.2) is 5.75 Å². The molecule has 1 aromatic heterocycles. The van der Waals surface area contributed by atoms with Crippen LogP contribution in [-0.4, -0.2) is 47.6 Å². The first-order valence-electron chi connectivity index (χ1n) is 10.6. The fraction of sp³-hybridized carbons (Fsp3) is 0.500. The summed E-state index contributed by atoms with van der Waals surface area (Å²) in [6.45, 7) is 3.94. The molecule has 1 fully saturated rings. The molecule has 5 rings (SSSR count). The molecule has 1 saturated heterocycles. The average Bonchev–Trinajstić information content (AvgIpc) is 3.20. The van der Waals surface area contributed by atoms with E-state index in [1.54, 1.807) is 6.07 Å². The Hall–Kier alpha value is -2.50. The van der Waals surface area contributed by atoms with E-state index in [0.29, 0.717) is 25.6 Å². The van der Waals surface area contributed by atoms with E-state index in [4.69, 9.17) is 15.2 Å². The van der Waals surface area contributed by atoms with Crippen LogP contribution in [0.1, 0.15) is 42.1 Å². The lowest BCUT2D eigenvalue weighted by molar-refractivity contribution is 0.393. The van der Waals surface area contributed by atoms with Gasteiger partial charge >= 0.3 is 0 Å². The van der Waals surface area contributed by atoms with E-state index in [1.807, 2.05) is 0 Å². The number of benzene rings is 1. The average molecular weight is 424 g/mol. The Kier molecular flexibility index (Phi) is 4.75. The Morgan fingerprint density at radius 3 is 2.77 bits per heavy atom. The summed E-state index contributed by atoms with van der Waals surface area (Å²) in [5.41, 5.74) is 6.59. The van der Waals surface area contributed by atoms with Gasteiger partial charge in [-0.05, 0) is 56.2 Å². The van der Waals surface area contributed by atoms with Crippen LogP contribution in [0.15, 0.2) is 18.2 Å². The topological polar surface area (TPSA) is 90.2 Å². The van der Waals surface area contributed by atoms with Crippen molar-refractivity contribution in [2.75, 3.05) is 23.7 Å². The van der Waals surface area contributed by atoms with Gasteiger partial charge in [-0.15, -0.1) is 0 Å². The maximum absolute atomic E-state index is 12.4.